The first kappa shape index (κ1) is 14.6. The number of nitrogens with zero attached hydrogens (tertiary/aromatic N) is 2. The molecule has 5 heteroatoms. The van der Waals surface area contributed by atoms with Crippen LogP contribution in [-0.4, -0.2) is 37.3 Å². The van der Waals surface area contributed by atoms with E-state index in [1.165, 1.54) is 17.1 Å². The van der Waals surface area contributed by atoms with Crippen LogP contribution in [-0.2, 0) is 10.0 Å². The summed E-state index contributed by atoms with van der Waals surface area (Å²) in [6.07, 6.45) is 4.15. The molecule has 0 atom stereocenters. The van der Waals surface area contributed by atoms with E-state index in [9.17, 15) is 8.42 Å². The molecule has 1 fully saturated rings. The van der Waals surface area contributed by atoms with Gasteiger partial charge in [0, 0.05) is 36.8 Å². The Hall–Kier alpha value is -2.01. The minimum atomic E-state index is -3.49. The molecule has 0 amide bonds. The number of rotatable bonds is 2. The van der Waals surface area contributed by atoms with Gasteiger partial charge in [0.05, 0.1) is 5.70 Å². The van der Waals surface area contributed by atoms with Gasteiger partial charge < -0.3 is 4.90 Å². The third-order valence-electron chi connectivity index (χ3n) is 4.75. The molecule has 0 saturated carbocycles. The van der Waals surface area contributed by atoms with Crippen LogP contribution in [0.2, 0.25) is 0 Å². The maximum Gasteiger partial charge on any atom is 0.265 e. The van der Waals surface area contributed by atoms with Crippen LogP contribution < -0.4 is 0 Å². The molecule has 4 rings (SSSR count). The lowest BCUT2D eigenvalue weighted by molar-refractivity contribution is 0.464. The van der Waals surface area contributed by atoms with Crippen molar-refractivity contribution in [2.24, 2.45) is 0 Å². The predicted octanol–water partition coefficient (Wildman–Crippen LogP) is 3.26. The summed E-state index contributed by atoms with van der Waals surface area (Å²) >= 11 is 0. The molecule has 0 radical (unpaired) electrons. The fourth-order valence-corrected chi connectivity index (χ4v) is 5.31. The Bertz CT molecular complexity index is 896. The number of hydrogen-bond acceptors (Lipinski definition) is 3. The van der Waals surface area contributed by atoms with E-state index in [4.69, 9.17) is 0 Å². The second-order valence-corrected chi connectivity index (χ2v) is 7.91. The quantitative estimate of drug-likeness (QED) is 0.849. The molecule has 2 aliphatic rings. The number of fused-ring (bicyclic) bond motifs is 3. The van der Waals surface area contributed by atoms with Crippen LogP contribution in [0.4, 0.5) is 0 Å². The van der Waals surface area contributed by atoms with E-state index in [0.717, 1.165) is 35.1 Å². The van der Waals surface area contributed by atoms with E-state index in [-0.39, 0.29) is 0 Å². The number of hydrogen-bond donors (Lipinski definition) is 0. The van der Waals surface area contributed by atoms with Crippen LogP contribution in [0.1, 0.15) is 25.3 Å². The molecule has 120 valence electrons. The molecule has 2 heterocycles. The molecule has 0 aliphatic carbocycles. The van der Waals surface area contributed by atoms with Gasteiger partial charge in [-0.05, 0) is 25.2 Å². The van der Waals surface area contributed by atoms with Crippen LogP contribution >= 0.6 is 0 Å². The average molecular weight is 328 g/mol. The summed E-state index contributed by atoms with van der Waals surface area (Å²) < 4.78 is 27.6. The van der Waals surface area contributed by atoms with Crippen LogP contribution in [0.15, 0.2) is 47.5 Å². The van der Waals surface area contributed by atoms with Crippen molar-refractivity contribution < 1.29 is 8.42 Å². The lowest BCUT2D eigenvalue weighted by atomic mass is 10.0. The van der Waals surface area contributed by atoms with Gasteiger partial charge in [0.1, 0.15) is 4.90 Å². The monoisotopic (exact) mass is 328 g/mol. The summed E-state index contributed by atoms with van der Waals surface area (Å²) in [5.41, 5.74) is 1.88. The summed E-state index contributed by atoms with van der Waals surface area (Å²) in [4.78, 5) is 2.77. The van der Waals surface area contributed by atoms with Gasteiger partial charge >= 0.3 is 0 Å². The molecule has 0 aromatic heterocycles. The highest BCUT2D eigenvalue weighted by Crippen LogP contribution is 2.39. The zero-order valence-electron chi connectivity index (χ0n) is 13.2. The lowest BCUT2D eigenvalue weighted by Gasteiger charge is -2.32. The highest BCUT2D eigenvalue weighted by molar-refractivity contribution is 7.89. The molecular weight excluding hydrogens is 308 g/mol. The predicted molar refractivity (Wildman–Crippen MR) is 92.3 cm³/mol. The van der Waals surface area contributed by atoms with E-state index in [0.29, 0.717) is 11.4 Å². The van der Waals surface area contributed by atoms with Crippen molar-refractivity contribution in [2.45, 2.75) is 24.7 Å². The Balaban J connectivity index is 2.03. The van der Waals surface area contributed by atoms with Crippen molar-refractivity contribution in [3.05, 3.63) is 48.2 Å². The van der Waals surface area contributed by atoms with Crippen molar-refractivity contribution >= 4 is 26.5 Å². The highest BCUT2D eigenvalue weighted by Gasteiger charge is 2.34. The van der Waals surface area contributed by atoms with Gasteiger partial charge in [-0.15, -0.1) is 0 Å². The SMILES string of the molecule is CCN1C=C(N2CCCC2)c2ccc3ccccc3c2S1(=O)=O. The molecule has 2 aromatic rings. The Kier molecular flexibility index (Phi) is 3.34. The van der Waals surface area contributed by atoms with Crippen molar-refractivity contribution in [2.75, 3.05) is 19.6 Å². The fourth-order valence-electron chi connectivity index (χ4n) is 3.59. The molecule has 1 saturated heterocycles. The van der Waals surface area contributed by atoms with E-state index in [2.05, 4.69) is 4.90 Å². The maximum absolute atomic E-state index is 13.1. The molecule has 0 unspecified atom stereocenters. The molecule has 2 aliphatic heterocycles. The van der Waals surface area contributed by atoms with Gasteiger partial charge in [0.2, 0.25) is 0 Å². The second kappa shape index (κ2) is 5.27. The van der Waals surface area contributed by atoms with Crippen molar-refractivity contribution in [1.82, 2.24) is 9.21 Å². The third kappa shape index (κ3) is 2.14. The van der Waals surface area contributed by atoms with Crippen molar-refractivity contribution in [3.8, 4) is 0 Å². The molecule has 0 bridgehead atoms. The molecule has 0 spiro atoms. The van der Waals surface area contributed by atoms with Gasteiger partial charge in [-0.2, -0.15) is 0 Å². The molecule has 0 N–H and O–H groups in total. The van der Waals surface area contributed by atoms with E-state index in [1.54, 1.807) is 0 Å². The highest BCUT2D eigenvalue weighted by atomic mass is 32.2. The average Bonchev–Trinajstić information content (AvgIpc) is 3.08. The summed E-state index contributed by atoms with van der Waals surface area (Å²) in [7, 11) is -3.49. The zero-order chi connectivity index (χ0) is 16.0. The number of benzene rings is 2. The maximum atomic E-state index is 13.1. The molecule has 4 nitrogen and oxygen atoms in total. The summed E-state index contributed by atoms with van der Waals surface area (Å²) in [6.45, 7) is 4.32. The van der Waals surface area contributed by atoms with Gasteiger partial charge in [0.15, 0.2) is 0 Å². The minimum Gasteiger partial charge on any atom is -0.370 e. The van der Waals surface area contributed by atoms with E-state index >= 15 is 0 Å². The summed E-state index contributed by atoms with van der Waals surface area (Å²) in [6, 6.07) is 11.7. The van der Waals surface area contributed by atoms with Gasteiger partial charge in [0.25, 0.3) is 10.0 Å². The van der Waals surface area contributed by atoms with Gasteiger partial charge in [-0.1, -0.05) is 36.4 Å². The van der Waals surface area contributed by atoms with Crippen molar-refractivity contribution in [3.63, 3.8) is 0 Å². The van der Waals surface area contributed by atoms with Crippen LogP contribution in [0.25, 0.3) is 16.5 Å². The molecular formula is C18H20N2O2S. The third-order valence-corrected chi connectivity index (χ3v) is 6.68. The first-order valence-electron chi connectivity index (χ1n) is 8.13. The zero-order valence-corrected chi connectivity index (χ0v) is 14.0. The van der Waals surface area contributed by atoms with E-state index in [1.807, 2.05) is 49.5 Å². The molecule has 2 aromatic carbocycles. The second-order valence-electron chi connectivity index (χ2n) is 6.08. The summed E-state index contributed by atoms with van der Waals surface area (Å²) in [5, 5.41) is 1.78. The molecule has 23 heavy (non-hydrogen) atoms. The smallest absolute Gasteiger partial charge is 0.265 e. The minimum absolute atomic E-state index is 0.447. The largest absolute Gasteiger partial charge is 0.370 e. The number of likely N-dealkylation sites (tertiary alicyclic amines) is 1. The van der Waals surface area contributed by atoms with Gasteiger partial charge in [-0.25, -0.2) is 8.42 Å². The first-order valence-corrected chi connectivity index (χ1v) is 9.57. The first-order chi connectivity index (χ1) is 11.1. The normalized spacial score (nSPS) is 19.8. The summed E-state index contributed by atoms with van der Waals surface area (Å²) in [5.74, 6) is 0. The van der Waals surface area contributed by atoms with E-state index < -0.39 is 10.0 Å². The fraction of sp³-hybridized carbons (Fsp3) is 0.333. The van der Waals surface area contributed by atoms with Crippen LogP contribution in [0.3, 0.4) is 0 Å². The Morgan fingerprint density at radius 1 is 1.04 bits per heavy atom. The number of sulfonamides is 1. The Labute approximate surface area is 137 Å². The van der Waals surface area contributed by atoms with Crippen LogP contribution in [0.5, 0.6) is 0 Å². The standard InChI is InChI=1S/C18H20N2O2S/c1-2-20-13-17(19-11-5-6-12-19)16-10-9-14-7-3-4-8-15(14)18(16)23(20,21)22/h3-4,7-10,13H,2,5-6,11-12H2,1H3. The topological polar surface area (TPSA) is 40.6 Å². The van der Waals surface area contributed by atoms with Crippen LogP contribution in [0, 0.1) is 0 Å². The Morgan fingerprint density at radius 2 is 1.78 bits per heavy atom. The lowest BCUT2D eigenvalue weighted by Crippen LogP contribution is -2.33. The Morgan fingerprint density at radius 3 is 2.52 bits per heavy atom. The van der Waals surface area contributed by atoms with Crippen molar-refractivity contribution in [1.29, 1.82) is 0 Å². The van der Waals surface area contributed by atoms with Gasteiger partial charge in [-0.3, -0.25) is 4.31 Å².